The molecule has 0 spiro atoms. The molecule has 1 aliphatic rings. The van der Waals surface area contributed by atoms with Crippen molar-refractivity contribution < 1.29 is 24.5 Å². The van der Waals surface area contributed by atoms with Crippen molar-refractivity contribution in [3.63, 3.8) is 0 Å². The molecule has 0 saturated carbocycles. The first-order chi connectivity index (χ1) is 11.0. The van der Waals surface area contributed by atoms with Gasteiger partial charge in [0.1, 0.15) is 5.69 Å². The number of carbonyl (C=O) groups is 2. The van der Waals surface area contributed by atoms with E-state index in [1.165, 1.54) is 17.3 Å². The van der Waals surface area contributed by atoms with Crippen LogP contribution in [0.1, 0.15) is 19.0 Å². The van der Waals surface area contributed by atoms with E-state index in [2.05, 4.69) is 38.6 Å². The molecule has 2 heterocycles. The van der Waals surface area contributed by atoms with Crippen molar-refractivity contribution in [2.24, 2.45) is 0 Å². The number of carboxylic acid groups (broad SMARTS) is 2. The van der Waals surface area contributed by atoms with Gasteiger partial charge >= 0.3 is 11.9 Å². The molecule has 1 aromatic rings. The fraction of sp³-hybridized carbons (Fsp3) is 0.429. The van der Waals surface area contributed by atoms with Crippen LogP contribution in [0.15, 0.2) is 6.08 Å². The van der Waals surface area contributed by atoms with Crippen molar-refractivity contribution in [2.45, 2.75) is 13.3 Å². The van der Waals surface area contributed by atoms with E-state index in [0.29, 0.717) is 12.5 Å². The lowest BCUT2D eigenvalue weighted by Gasteiger charge is -2.21. The van der Waals surface area contributed by atoms with Crippen LogP contribution in [0.5, 0.6) is 5.88 Å². The second-order valence-corrected chi connectivity index (χ2v) is 5.03. The molecule has 1 aromatic heterocycles. The third-order valence-electron chi connectivity index (χ3n) is 2.75. The van der Waals surface area contributed by atoms with Crippen LogP contribution in [0.25, 0.3) is 5.57 Å². The van der Waals surface area contributed by atoms with E-state index in [0.717, 1.165) is 25.2 Å². The lowest BCUT2D eigenvalue weighted by atomic mass is 10.1. The highest BCUT2D eigenvalue weighted by Gasteiger charge is 2.18. The minimum absolute atomic E-state index is 0.373. The molecule has 2 N–H and O–H groups in total. The van der Waals surface area contributed by atoms with E-state index in [4.69, 9.17) is 24.5 Å². The van der Waals surface area contributed by atoms with Gasteiger partial charge in [0.25, 0.3) is 5.88 Å². The Balaban J connectivity index is 0.000000379. The van der Waals surface area contributed by atoms with Crippen LogP contribution in [-0.2, 0) is 9.59 Å². The van der Waals surface area contributed by atoms with Gasteiger partial charge in [-0.3, -0.25) is 0 Å². The molecule has 0 amide bonds. The second-order valence-electron chi connectivity index (χ2n) is 4.50. The molecule has 1 aliphatic heterocycles. The zero-order chi connectivity index (χ0) is 17.2. The normalized spacial score (nSPS) is 13.7. The van der Waals surface area contributed by atoms with Crippen molar-refractivity contribution in [1.82, 2.24) is 13.6 Å². The molecule has 124 valence electrons. The minimum atomic E-state index is -1.82. The average molecular weight is 339 g/mol. The average Bonchev–Trinajstić information content (AvgIpc) is 2.96. The molecule has 8 nitrogen and oxygen atoms in total. The highest BCUT2D eigenvalue weighted by atomic mass is 32.1. The zero-order valence-corrected chi connectivity index (χ0v) is 13.6. The number of ether oxygens (including phenoxy) is 1. The monoisotopic (exact) mass is 339 g/mol. The summed E-state index contributed by atoms with van der Waals surface area (Å²) in [5, 5.41) is 14.8. The van der Waals surface area contributed by atoms with Gasteiger partial charge in [0, 0.05) is 13.1 Å². The highest BCUT2D eigenvalue weighted by molar-refractivity contribution is 6.99. The van der Waals surface area contributed by atoms with E-state index >= 15 is 0 Å². The van der Waals surface area contributed by atoms with Gasteiger partial charge in [-0.15, -0.1) is 10.3 Å². The Morgan fingerprint density at radius 2 is 2.09 bits per heavy atom. The molecule has 23 heavy (non-hydrogen) atoms. The number of carboxylic acids is 2. The number of hydrogen-bond acceptors (Lipinski definition) is 7. The van der Waals surface area contributed by atoms with E-state index in [1.807, 2.05) is 0 Å². The Morgan fingerprint density at radius 3 is 2.65 bits per heavy atom. The summed E-state index contributed by atoms with van der Waals surface area (Å²) in [7, 11) is 2.11. The van der Waals surface area contributed by atoms with Gasteiger partial charge in [0.2, 0.25) is 0 Å². The van der Waals surface area contributed by atoms with Crippen LogP contribution >= 0.6 is 11.7 Å². The first-order valence-electron chi connectivity index (χ1n) is 6.64. The molecule has 0 saturated heterocycles. The quantitative estimate of drug-likeness (QED) is 0.614. The molecule has 0 aromatic carbocycles. The minimum Gasteiger partial charge on any atom is -0.473 e. The maximum atomic E-state index is 9.10. The van der Waals surface area contributed by atoms with Crippen molar-refractivity contribution in [2.75, 3.05) is 26.7 Å². The molecule has 0 unspecified atom stereocenters. The SMILES string of the molecule is CC#CCOc1nsnc1C1=CCCN(C)C1.O=C(O)C(=O)O. The van der Waals surface area contributed by atoms with E-state index in [1.54, 1.807) is 6.92 Å². The Labute approximate surface area is 137 Å². The first-order valence-corrected chi connectivity index (χ1v) is 7.37. The van der Waals surface area contributed by atoms with Crippen LogP contribution in [0, 0.1) is 11.8 Å². The molecule has 0 aliphatic carbocycles. The summed E-state index contributed by atoms with van der Waals surface area (Å²) in [5.74, 6) is 2.62. The molecule has 9 heteroatoms. The number of hydrogen-bond donors (Lipinski definition) is 2. The van der Waals surface area contributed by atoms with Crippen molar-refractivity contribution in [1.29, 1.82) is 0 Å². The molecular formula is C14H17N3O5S. The lowest BCUT2D eigenvalue weighted by Crippen LogP contribution is -2.25. The summed E-state index contributed by atoms with van der Waals surface area (Å²) in [5.41, 5.74) is 2.08. The van der Waals surface area contributed by atoms with Gasteiger partial charge < -0.3 is 19.8 Å². The number of aromatic nitrogens is 2. The van der Waals surface area contributed by atoms with E-state index < -0.39 is 11.9 Å². The Morgan fingerprint density at radius 1 is 1.39 bits per heavy atom. The highest BCUT2D eigenvalue weighted by Crippen LogP contribution is 2.26. The maximum absolute atomic E-state index is 9.10. The van der Waals surface area contributed by atoms with Crippen LogP contribution in [-0.4, -0.2) is 62.5 Å². The maximum Gasteiger partial charge on any atom is 0.414 e. The zero-order valence-electron chi connectivity index (χ0n) is 12.8. The third kappa shape index (κ3) is 6.46. The summed E-state index contributed by atoms with van der Waals surface area (Å²) in [4.78, 5) is 20.5. The molecule has 0 fully saturated rings. The summed E-state index contributed by atoms with van der Waals surface area (Å²) in [6.07, 6.45) is 3.27. The standard InChI is InChI=1S/C12H15N3OS.C2H2O4/c1-3-4-8-16-12-11(13-17-14-12)10-6-5-7-15(2)9-10;3-1(4)2(5)6/h6H,5,7-9H2,1-2H3;(H,3,4)(H,5,6). The van der Waals surface area contributed by atoms with Gasteiger partial charge in [-0.1, -0.05) is 12.0 Å². The fourth-order valence-electron chi connectivity index (χ4n) is 1.71. The van der Waals surface area contributed by atoms with Gasteiger partial charge in [-0.25, -0.2) is 9.59 Å². The van der Waals surface area contributed by atoms with Gasteiger partial charge in [-0.05, 0) is 26.0 Å². The Kier molecular flexibility index (Phi) is 7.73. The summed E-state index contributed by atoms with van der Waals surface area (Å²) < 4.78 is 14.0. The molecule has 0 bridgehead atoms. The van der Waals surface area contributed by atoms with Gasteiger partial charge in [0.15, 0.2) is 6.61 Å². The van der Waals surface area contributed by atoms with E-state index in [9.17, 15) is 0 Å². The van der Waals surface area contributed by atoms with Crippen molar-refractivity contribution in [3.8, 4) is 17.7 Å². The van der Waals surface area contributed by atoms with Crippen LogP contribution in [0.3, 0.4) is 0 Å². The summed E-state index contributed by atoms with van der Waals surface area (Å²) in [6.45, 7) is 4.17. The van der Waals surface area contributed by atoms with Crippen LogP contribution < -0.4 is 4.74 Å². The predicted octanol–water partition coefficient (Wildman–Crippen LogP) is 0.815. The number of aliphatic carboxylic acids is 2. The van der Waals surface area contributed by atoms with Crippen molar-refractivity contribution >= 4 is 29.2 Å². The molecular weight excluding hydrogens is 322 g/mol. The summed E-state index contributed by atoms with van der Waals surface area (Å²) in [6, 6.07) is 0. The topological polar surface area (TPSA) is 113 Å². The van der Waals surface area contributed by atoms with Crippen molar-refractivity contribution in [3.05, 3.63) is 11.8 Å². The van der Waals surface area contributed by atoms with Crippen LogP contribution in [0.4, 0.5) is 0 Å². The Bertz CT molecular complexity index is 632. The third-order valence-corrected chi connectivity index (χ3v) is 3.26. The molecule has 2 rings (SSSR count). The van der Waals surface area contributed by atoms with Crippen LogP contribution in [0.2, 0.25) is 0 Å². The Hall–Kier alpha value is -2.44. The van der Waals surface area contributed by atoms with Gasteiger partial charge in [-0.2, -0.15) is 4.37 Å². The predicted molar refractivity (Wildman–Crippen MR) is 84.2 cm³/mol. The fourth-order valence-corrected chi connectivity index (χ4v) is 2.24. The van der Waals surface area contributed by atoms with E-state index in [-0.39, 0.29) is 0 Å². The number of rotatable bonds is 3. The summed E-state index contributed by atoms with van der Waals surface area (Å²) >= 11 is 1.19. The molecule has 0 atom stereocenters. The smallest absolute Gasteiger partial charge is 0.414 e. The first kappa shape index (κ1) is 18.6. The number of likely N-dealkylation sites (N-methyl/N-ethyl adjacent to an activating group) is 1. The number of nitrogens with zero attached hydrogens (tertiary/aromatic N) is 3. The lowest BCUT2D eigenvalue weighted by molar-refractivity contribution is -0.159. The van der Waals surface area contributed by atoms with Gasteiger partial charge in [0.05, 0.1) is 11.7 Å². The molecule has 0 radical (unpaired) electrons. The second kappa shape index (κ2) is 9.55. The largest absolute Gasteiger partial charge is 0.473 e.